The molecule has 4 nitrogen and oxygen atoms in total. The summed E-state index contributed by atoms with van der Waals surface area (Å²) in [5.74, 6) is 0.00109. The summed E-state index contributed by atoms with van der Waals surface area (Å²) in [6, 6.07) is 0.252. The van der Waals surface area contributed by atoms with Gasteiger partial charge in [-0.2, -0.15) is 0 Å². The second-order valence-electron chi connectivity index (χ2n) is 4.07. The number of aliphatic hydroxyl groups is 1. The highest BCUT2D eigenvalue weighted by atomic mass is 16.3. The Morgan fingerprint density at radius 2 is 2.00 bits per heavy atom. The third kappa shape index (κ3) is 5.19. The summed E-state index contributed by atoms with van der Waals surface area (Å²) in [7, 11) is 0. The van der Waals surface area contributed by atoms with Crippen LogP contribution in [0.3, 0.4) is 0 Å². The monoisotopic (exact) mass is 202 g/mol. The number of rotatable bonds is 7. The van der Waals surface area contributed by atoms with Gasteiger partial charge in [0.2, 0.25) is 5.91 Å². The zero-order valence-electron chi connectivity index (χ0n) is 9.29. The van der Waals surface area contributed by atoms with E-state index in [4.69, 9.17) is 10.8 Å². The fourth-order valence-corrected chi connectivity index (χ4v) is 1.24. The van der Waals surface area contributed by atoms with Gasteiger partial charge in [0, 0.05) is 25.1 Å². The van der Waals surface area contributed by atoms with Crippen LogP contribution in [0.2, 0.25) is 0 Å². The van der Waals surface area contributed by atoms with E-state index < -0.39 is 0 Å². The second-order valence-corrected chi connectivity index (χ2v) is 4.07. The highest BCUT2D eigenvalue weighted by molar-refractivity contribution is 5.76. The van der Waals surface area contributed by atoms with Crippen molar-refractivity contribution < 1.29 is 9.90 Å². The van der Waals surface area contributed by atoms with E-state index in [0.29, 0.717) is 18.9 Å². The minimum atomic E-state index is -0.288. The van der Waals surface area contributed by atoms with Crippen LogP contribution in [0.5, 0.6) is 0 Å². The molecule has 0 fully saturated rings. The minimum absolute atomic E-state index is 0.157. The molecule has 0 aromatic carbocycles. The lowest BCUT2D eigenvalue weighted by molar-refractivity contribution is -0.121. The lowest BCUT2D eigenvalue weighted by Gasteiger charge is -2.22. The maximum atomic E-state index is 10.8. The van der Waals surface area contributed by atoms with E-state index in [0.717, 1.165) is 0 Å². The van der Waals surface area contributed by atoms with Gasteiger partial charge in [0.15, 0.2) is 0 Å². The smallest absolute Gasteiger partial charge is 0.221 e. The van der Waals surface area contributed by atoms with Crippen molar-refractivity contribution in [1.82, 2.24) is 5.32 Å². The molecule has 0 aliphatic carbocycles. The Kier molecular flexibility index (Phi) is 6.49. The molecule has 14 heavy (non-hydrogen) atoms. The molecule has 0 bridgehead atoms. The van der Waals surface area contributed by atoms with Gasteiger partial charge < -0.3 is 16.2 Å². The highest BCUT2D eigenvalue weighted by Gasteiger charge is 2.15. The Hall–Kier alpha value is -0.610. The zero-order chi connectivity index (χ0) is 11.1. The SMILES string of the molecule is CC(CNC(CCO)C(C)C)C(N)=O. The Morgan fingerprint density at radius 3 is 2.36 bits per heavy atom. The van der Waals surface area contributed by atoms with Crippen LogP contribution in [0.25, 0.3) is 0 Å². The van der Waals surface area contributed by atoms with Crippen molar-refractivity contribution in [2.24, 2.45) is 17.6 Å². The van der Waals surface area contributed by atoms with Crippen LogP contribution in [0.15, 0.2) is 0 Å². The molecule has 2 atom stereocenters. The van der Waals surface area contributed by atoms with E-state index in [1.807, 2.05) is 0 Å². The van der Waals surface area contributed by atoms with Gasteiger partial charge in [-0.3, -0.25) is 4.79 Å². The van der Waals surface area contributed by atoms with Crippen molar-refractivity contribution in [1.29, 1.82) is 0 Å². The van der Waals surface area contributed by atoms with E-state index in [1.165, 1.54) is 0 Å². The molecule has 0 radical (unpaired) electrons. The van der Waals surface area contributed by atoms with Crippen LogP contribution in [0, 0.1) is 11.8 Å². The van der Waals surface area contributed by atoms with Gasteiger partial charge in [-0.1, -0.05) is 20.8 Å². The quantitative estimate of drug-likeness (QED) is 0.548. The normalized spacial score (nSPS) is 15.5. The lowest BCUT2D eigenvalue weighted by atomic mass is 10.0. The summed E-state index contributed by atoms with van der Waals surface area (Å²) in [6.45, 7) is 6.72. The fraction of sp³-hybridized carbons (Fsp3) is 0.900. The molecule has 0 aliphatic heterocycles. The zero-order valence-corrected chi connectivity index (χ0v) is 9.29. The number of hydrogen-bond donors (Lipinski definition) is 3. The van der Waals surface area contributed by atoms with Crippen molar-refractivity contribution in [3.63, 3.8) is 0 Å². The largest absolute Gasteiger partial charge is 0.396 e. The number of amides is 1. The summed E-state index contributed by atoms with van der Waals surface area (Å²) in [6.07, 6.45) is 0.711. The Bertz CT molecular complexity index is 172. The summed E-state index contributed by atoms with van der Waals surface area (Å²) in [5, 5.41) is 12.1. The average molecular weight is 202 g/mol. The maximum absolute atomic E-state index is 10.8. The van der Waals surface area contributed by atoms with E-state index in [-0.39, 0.29) is 24.5 Å². The highest BCUT2D eigenvalue weighted by Crippen LogP contribution is 2.06. The molecule has 0 saturated carbocycles. The summed E-state index contributed by atoms with van der Waals surface area (Å²) in [5.41, 5.74) is 5.14. The molecule has 0 aliphatic rings. The number of aliphatic hydroxyl groups excluding tert-OH is 1. The third-order valence-electron chi connectivity index (χ3n) is 2.42. The van der Waals surface area contributed by atoms with Gasteiger partial charge in [0.25, 0.3) is 0 Å². The van der Waals surface area contributed by atoms with Gasteiger partial charge in [-0.05, 0) is 12.3 Å². The minimum Gasteiger partial charge on any atom is -0.396 e. The first-order valence-electron chi connectivity index (χ1n) is 5.12. The Balaban J connectivity index is 3.87. The topological polar surface area (TPSA) is 75.3 Å². The molecule has 0 heterocycles. The Labute approximate surface area is 85.9 Å². The molecule has 0 rings (SSSR count). The van der Waals surface area contributed by atoms with Crippen LogP contribution in [-0.4, -0.2) is 30.2 Å². The van der Waals surface area contributed by atoms with Gasteiger partial charge >= 0.3 is 0 Å². The molecule has 0 spiro atoms. The Morgan fingerprint density at radius 1 is 1.43 bits per heavy atom. The molecule has 0 aromatic rings. The van der Waals surface area contributed by atoms with Crippen LogP contribution in [-0.2, 0) is 4.79 Å². The fourth-order valence-electron chi connectivity index (χ4n) is 1.24. The van der Waals surface area contributed by atoms with E-state index in [2.05, 4.69) is 19.2 Å². The predicted octanol–water partition coefficient (Wildman–Crippen LogP) is 0.104. The molecular formula is C10H22N2O2. The number of nitrogens with two attached hydrogens (primary N) is 1. The van der Waals surface area contributed by atoms with E-state index >= 15 is 0 Å². The predicted molar refractivity (Wildman–Crippen MR) is 56.7 cm³/mol. The number of carbonyl (C=O) groups excluding carboxylic acids is 1. The molecule has 0 aromatic heterocycles. The molecule has 1 amide bonds. The first kappa shape index (κ1) is 13.4. The average Bonchev–Trinajstić information content (AvgIpc) is 2.10. The van der Waals surface area contributed by atoms with Gasteiger partial charge in [0.05, 0.1) is 0 Å². The van der Waals surface area contributed by atoms with Crippen LogP contribution >= 0.6 is 0 Å². The summed E-state index contributed by atoms with van der Waals surface area (Å²) >= 11 is 0. The molecular weight excluding hydrogens is 180 g/mol. The van der Waals surface area contributed by atoms with E-state index in [1.54, 1.807) is 6.92 Å². The van der Waals surface area contributed by atoms with Gasteiger partial charge in [-0.15, -0.1) is 0 Å². The first-order chi connectivity index (χ1) is 6.49. The lowest BCUT2D eigenvalue weighted by Crippen LogP contribution is -2.40. The van der Waals surface area contributed by atoms with Crippen molar-refractivity contribution in [2.45, 2.75) is 33.2 Å². The molecule has 4 heteroatoms. The van der Waals surface area contributed by atoms with Crippen molar-refractivity contribution >= 4 is 5.91 Å². The number of primary amides is 1. The number of carbonyl (C=O) groups is 1. The maximum Gasteiger partial charge on any atom is 0.221 e. The van der Waals surface area contributed by atoms with Crippen molar-refractivity contribution in [3.05, 3.63) is 0 Å². The summed E-state index contributed by atoms with van der Waals surface area (Å²) in [4.78, 5) is 10.8. The molecule has 4 N–H and O–H groups in total. The second kappa shape index (κ2) is 6.79. The summed E-state index contributed by atoms with van der Waals surface area (Å²) < 4.78 is 0. The number of hydrogen-bond acceptors (Lipinski definition) is 3. The number of nitrogens with one attached hydrogen (secondary N) is 1. The van der Waals surface area contributed by atoms with Gasteiger partial charge in [0.1, 0.15) is 0 Å². The van der Waals surface area contributed by atoms with Crippen molar-refractivity contribution in [2.75, 3.05) is 13.2 Å². The van der Waals surface area contributed by atoms with E-state index in [9.17, 15) is 4.79 Å². The van der Waals surface area contributed by atoms with Crippen LogP contribution < -0.4 is 11.1 Å². The molecule has 84 valence electrons. The van der Waals surface area contributed by atoms with Crippen LogP contribution in [0.1, 0.15) is 27.2 Å². The van der Waals surface area contributed by atoms with Crippen LogP contribution in [0.4, 0.5) is 0 Å². The van der Waals surface area contributed by atoms with Crippen molar-refractivity contribution in [3.8, 4) is 0 Å². The molecule has 0 saturated heterocycles. The third-order valence-corrected chi connectivity index (χ3v) is 2.42. The standard InChI is InChI=1S/C10H22N2O2/c1-7(2)9(4-5-13)12-6-8(3)10(11)14/h7-9,12-13H,4-6H2,1-3H3,(H2,11,14). The van der Waals surface area contributed by atoms with Gasteiger partial charge in [-0.25, -0.2) is 0 Å². The first-order valence-corrected chi connectivity index (χ1v) is 5.12. The molecule has 2 unspecified atom stereocenters.